The highest BCUT2D eigenvalue weighted by molar-refractivity contribution is 6.25. The fraction of sp³-hybridized carbons (Fsp3) is 0. The first-order chi connectivity index (χ1) is 21.8. The molecule has 7 aromatic carbocycles. The number of pyridine rings is 2. The molecule has 2 nitrogen and oxygen atoms in total. The summed E-state index contributed by atoms with van der Waals surface area (Å²) in [6, 6.07) is 56.1. The van der Waals surface area contributed by atoms with Gasteiger partial charge in [0.1, 0.15) is 0 Å². The third kappa shape index (κ3) is 3.89. The Morgan fingerprint density at radius 3 is 1.43 bits per heavy atom. The Hall–Kier alpha value is -5.86. The van der Waals surface area contributed by atoms with Gasteiger partial charge in [-0.3, -0.25) is 0 Å². The van der Waals surface area contributed by atoms with Gasteiger partial charge in [-0.05, 0) is 73.1 Å². The molecule has 0 fully saturated rings. The lowest BCUT2D eigenvalue weighted by molar-refractivity contribution is 1.29. The normalized spacial score (nSPS) is 11.6. The summed E-state index contributed by atoms with van der Waals surface area (Å²) in [4.78, 5) is 10.2. The average Bonchev–Trinajstić information content (AvgIpc) is 3.11. The van der Waals surface area contributed by atoms with Crippen LogP contribution in [0.15, 0.2) is 158 Å². The molecule has 44 heavy (non-hydrogen) atoms. The molecule has 2 heterocycles. The number of hydrogen-bond donors (Lipinski definition) is 0. The fourth-order valence-corrected chi connectivity index (χ4v) is 6.75. The molecule has 0 N–H and O–H groups in total. The van der Waals surface area contributed by atoms with Crippen LogP contribution in [0.3, 0.4) is 0 Å². The smallest absolute Gasteiger partial charge is 0.0972 e. The highest BCUT2D eigenvalue weighted by Crippen LogP contribution is 2.38. The van der Waals surface area contributed by atoms with Crippen molar-refractivity contribution in [2.24, 2.45) is 0 Å². The molecule has 0 bridgehead atoms. The largest absolute Gasteiger partial charge is 0.246 e. The van der Waals surface area contributed by atoms with E-state index in [0.717, 1.165) is 38.9 Å². The van der Waals surface area contributed by atoms with E-state index in [1.54, 1.807) is 0 Å². The van der Waals surface area contributed by atoms with Crippen molar-refractivity contribution in [3.8, 4) is 33.8 Å². The number of nitrogens with zero attached hydrogens (tertiary/aromatic N) is 2. The highest BCUT2D eigenvalue weighted by atomic mass is 14.8. The van der Waals surface area contributed by atoms with Gasteiger partial charge in [0.2, 0.25) is 0 Å². The van der Waals surface area contributed by atoms with Crippen molar-refractivity contribution in [2.45, 2.75) is 0 Å². The average molecular weight is 559 g/mol. The van der Waals surface area contributed by atoms with Gasteiger partial charge in [0.15, 0.2) is 0 Å². The van der Waals surface area contributed by atoms with Crippen LogP contribution in [0, 0.1) is 0 Å². The molecule has 204 valence electrons. The van der Waals surface area contributed by atoms with Crippen molar-refractivity contribution in [2.75, 3.05) is 0 Å². The predicted molar refractivity (Wildman–Crippen MR) is 186 cm³/mol. The summed E-state index contributed by atoms with van der Waals surface area (Å²) < 4.78 is 0. The zero-order chi connectivity index (χ0) is 29.0. The summed E-state index contributed by atoms with van der Waals surface area (Å²) in [5.41, 5.74) is 7.18. The minimum atomic E-state index is 0.877. The molecule has 2 heteroatoms. The van der Waals surface area contributed by atoms with Gasteiger partial charge in [-0.15, -0.1) is 0 Å². The van der Waals surface area contributed by atoms with E-state index in [2.05, 4.69) is 152 Å². The quantitative estimate of drug-likeness (QED) is 0.202. The first-order valence-corrected chi connectivity index (χ1v) is 15.0. The summed E-state index contributed by atoms with van der Waals surface area (Å²) in [5, 5.41) is 11.2. The van der Waals surface area contributed by atoms with Gasteiger partial charge in [-0.2, -0.15) is 0 Å². The molecule has 9 rings (SSSR count). The van der Waals surface area contributed by atoms with Gasteiger partial charge in [-0.1, -0.05) is 133 Å². The second-order valence-corrected chi connectivity index (χ2v) is 11.4. The lowest BCUT2D eigenvalue weighted by atomic mass is 9.92. The molecule has 0 saturated heterocycles. The molecule has 0 spiro atoms. The second kappa shape index (κ2) is 9.86. The highest BCUT2D eigenvalue weighted by Gasteiger charge is 2.13. The van der Waals surface area contributed by atoms with E-state index < -0.39 is 0 Å². The van der Waals surface area contributed by atoms with E-state index >= 15 is 0 Å². The third-order valence-electron chi connectivity index (χ3n) is 8.86. The van der Waals surface area contributed by atoms with Crippen LogP contribution >= 0.6 is 0 Å². The van der Waals surface area contributed by atoms with Crippen molar-refractivity contribution >= 4 is 54.0 Å². The number of para-hydroxylation sites is 1. The number of benzene rings is 7. The Morgan fingerprint density at radius 1 is 0.273 bits per heavy atom. The van der Waals surface area contributed by atoms with Crippen LogP contribution in [0.4, 0.5) is 0 Å². The summed E-state index contributed by atoms with van der Waals surface area (Å²) in [6.45, 7) is 0. The molecule has 0 aliphatic carbocycles. The van der Waals surface area contributed by atoms with Crippen molar-refractivity contribution < 1.29 is 0 Å². The summed E-state index contributed by atoms with van der Waals surface area (Å²) in [5.74, 6) is 0. The van der Waals surface area contributed by atoms with Crippen molar-refractivity contribution in [3.63, 3.8) is 0 Å². The zero-order valence-corrected chi connectivity index (χ0v) is 23.9. The van der Waals surface area contributed by atoms with E-state index in [1.165, 1.54) is 48.8 Å². The van der Waals surface area contributed by atoms with Crippen molar-refractivity contribution in [1.82, 2.24) is 9.97 Å². The minimum Gasteiger partial charge on any atom is -0.246 e. The zero-order valence-electron chi connectivity index (χ0n) is 23.9. The Morgan fingerprint density at radius 2 is 0.750 bits per heavy atom. The Bertz CT molecular complexity index is 2510. The van der Waals surface area contributed by atoms with Crippen LogP contribution in [0.2, 0.25) is 0 Å². The number of hydrogen-bond acceptors (Lipinski definition) is 2. The van der Waals surface area contributed by atoms with Crippen LogP contribution in [-0.4, -0.2) is 9.97 Å². The molecule has 0 aliphatic heterocycles. The molecule has 0 saturated carbocycles. The number of aromatic nitrogens is 2. The predicted octanol–water partition coefficient (Wildman–Crippen LogP) is 11.2. The van der Waals surface area contributed by atoms with Crippen LogP contribution in [0.1, 0.15) is 0 Å². The van der Waals surface area contributed by atoms with Gasteiger partial charge in [0.05, 0.1) is 22.6 Å². The van der Waals surface area contributed by atoms with E-state index in [0.29, 0.717) is 0 Å². The number of fused-ring (bicyclic) bond motifs is 9. The van der Waals surface area contributed by atoms with Crippen LogP contribution < -0.4 is 0 Å². The van der Waals surface area contributed by atoms with E-state index in [4.69, 9.17) is 9.97 Å². The maximum atomic E-state index is 5.11. The molecule has 0 radical (unpaired) electrons. The summed E-state index contributed by atoms with van der Waals surface area (Å²) >= 11 is 0. The summed E-state index contributed by atoms with van der Waals surface area (Å²) in [7, 11) is 0. The SMILES string of the molecule is c1cc(-c2ccc(-c3ccc4c5ccccc5c5ccccc5c4c3)cc2)nc(-c2nc3ccccc3c3ccccc23)c1. The van der Waals surface area contributed by atoms with Gasteiger partial charge in [-0.25, -0.2) is 9.97 Å². The first kappa shape index (κ1) is 24.7. The molecular weight excluding hydrogens is 532 g/mol. The molecule has 2 aromatic heterocycles. The molecule has 0 unspecified atom stereocenters. The van der Waals surface area contributed by atoms with E-state index in [1.807, 2.05) is 6.07 Å². The second-order valence-electron chi connectivity index (χ2n) is 11.4. The molecule has 9 aromatic rings. The van der Waals surface area contributed by atoms with E-state index in [-0.39, 0.29) is 0 Å². The lowest BCUT2D eigenvalue weighted by Gasteiger charge is -2.12. The van der Waals surface area contributed by atoms with E-state index in [9.17, 15) is 0 Å². The standard InChI is InChI=1S/C42H26N2/c1-2-12-32-30(10-1)31-11-3-4-13-33(31)38-26-29(24-25-35(32)38)27-20-22-28(23-21-27)39-18-9-19-41(43-39)42-37-16-6-5-14-34(37)36-15-7-8-17-40(36)44-42/h1-26H. The van der Waals surface area contributed by atoms with Crippen LogP contribution in [-0.2, 0) is 0 Å². The topological polar surface area (TPSA) is 25.8 Å². The third-order valence-corrected chi connectivity index (χ3v) is 8.86. The van der Waals surface area contributed by atoms with Gasteiger partial charge >= 0.3 is 0 Å². The van der Waals surface area contributed by atoms with Gasteiger partial charge < -0.3 is 0 Å². The molecule has 0 amide bonds. The Balaban J connectivity index is 1.12. The Labute approximate surface area is 254 Å². The fourth-order valence-electron chi connectivity index (χ4n) is 6.75. The summed E-state index contributed by atoms with van der Waals surface area (Å²) in [6.07, 6.45) is 0. The monoisotopic (exact) mass is 558 g/mol. The first-order valence-electron chi connectivity index (χ1n) is 15.0. The Kier molecular flexibility index (Phi) is 5.54. The number of rotatable bonds is 3. The van der Waals surface area contributed by atoms with Gasteiger partial charge in [0.25, 0.3) is 0 Å². The van der Waals surface area contributed by atoms with Crippen molar-refractivity contribution in [3.05, 3.63) is 158 Å². The molecular formula is C42H26N2. The maximum absolute atomic E-state index is 5.11. The van der Waals surface area contributed by atoms with Crippen molar-refractivity contribution in [1.29, 1.82) is 0 Å². The molecule has 0 aliphatic rings. The minimum absolute atomic E-state index is 0.877. The lowest BCUT2D eigenvalue weighted by Crippen LogP contribution is -1.93. The van der Waals surface area contributed by atoms with Crippen LogP contribution in [0.25, 0.3) is 87.8 Å². The van der Waals surface area contributed by atoms with Gasteiger partial charge in [0, 0.05) is 16.3 Å². The molecule has 0 atom stereocenters. The maximum Gasteiger partial charge on any atom is 0.0972 e. The van der Waals surface area contributed by atoms with Crippen LogP contribution in [0.5, 0.6) is 0 Å².